The van der Waals surface area contributed by atoms with Gasteiger partial charge in [0, 0.05) is 0 Å². The number of rotatable bonds is 11. The van der Waals surface area contributed by atoms with Crippen molar-refractivity contribution in [1.82, 2.24) is 5.32 Å². The molecule has 1 amide bonds. The molecule has 0 saturated carbocycles. The van der Waals surface area contributed by atoms with E-state index >= 15 is 0 Å². The summed E-state index contributed by atoms with van der Waals surface area (Å²) in [4.78, 5) is 33.5. The maximum atomic E-state index is 12.1. The molecule has 31 heavy (non-hydrogen) atoms. The number of hydrogen-bond donors (Lipinski definition) is 3. The van der Waals surface area contributed by atoms with Gasteiger partial charge in [-0.1, -0.05) is 92.5 Å². The summed E-state index contributed by atoms with van der Waals surface area (Å²) in [6.45, 7) is 0.143. The van der Waals surface area contributed by atoms with Crippen LogP contribution in [0.15, 0.2) is 60.7 Å². The van der Waals surface area contributed by atoms with E-state index in [1.807, 2.05) is 60.7 Å². The molecule has 2 aromatic rings. The first-order valence-electron chi connectivity index (χ1n) is 9.45. The lowest BCUT2D eigenvalue weighted by Crippen LogP contribution is -2.51. The van der Waals surface area contributed by atoms with Gasteiger partial charge in [0.05, 0.1) is 29.9 Å². The highest BCUT2D eigenvalue weighted by molar-refractivity contribution is 9.10. The normalized spacial score (nSPS) is 12.1. The third kappa shape index (κ3) is 11.8. The third-order valence-corrected chi connectivity index (χ3v) is 5.19. The molecule has 0 spiro atoms. The minimum Gasteiger partial charge on any atom is -0.480 e. The summed E-state index contributed by atoms with van der Waals surface area (Å²) in [5.74, 6) is -1.50. The number of benzene rings is 2. The fraction of sp³-hybridized carbons (Fsp3) is 0.318. The van der Waals surface area contributed by atoms with Crippen molar-refractivity contribution in [2.75, 3.05) is 17.3 Å². The molecule has 0 radical (unpaired) electrons. The van der Waals surface area contributed by atoms with Crippen LogP contribution in [0.2, 0.25) is 0 Å². The molecule has 0 unspecified atom stereocenters. The standard InChI is InChI=1S/C19H22N2O4.C3H4Br2O/c20-16(11-14-7-3-1-4-8-14)18(22)21-17(19(23)24)13-25-12-15-9-5-2-6-10-15;4-1-3(6)2-5/h1-10,16-17H,11-13,20H2,(H,21,22)(H,23,24);1-2H2/t16-,17-;/m0./s1. The van der Waals surface area contributed by atoms with Crippen LogP contribution in [0.25, 0.3) is 0 Å². The van der Waals surface area contributed by atoms with Crippen LogP contribution >= 0.6 is 31.9 Å². The summed E-state index contributed by atoms with van der Waals surface area (Å²) in [7, 11) is 0. The van der Waals surface area contributed by atoms with Gasteiger partial charge in [-0.2, -0.15) is 0 Å². The molecule has 0 aliphatic carbocycles. The van der Waals surface area contributed by atoms with Crippen molar-refractivity contribution in [3.05, 3.63) is 71.8 Å². The Kier molecular flexibility index (Phi) is 13.6. The summed E-state index contributed by atoms with van der Waals surface area (Å²) in [6, 6.07) is 16.8. The van der Waals surface area contributed by atoms with E-state index in [4.69, 9.17) is 10.5 Å². The molecule has 0 aliphatic rings. The van der Waals surface area contributed by atoms with Gasteiger partial charge in [0.1, 0.15) is 0 Å². The molecular formula is C22H26Br2N2O5. The maximum absolute atomic E-state index is 12.1. The summed E-state index contributed by atoms with van der Waals surface area (Å²) < 4.78 is 5.41. The third-order valence-electron chi connectivity index (χ3n) is 3.94. The zero-order chi connectivity index (χ0) is 23.1. The molecule has 0 aliphatic heterocycles. The molecule has 0 aromatic heterocycles. The molecule has 7 nitrogen and oxygen atoms in total. The van der Waals surface area contributed by atoms with Crippen LogP contribution in [0.1, 0.15) is 11.1 Å². The first-order valence-corrected chi connectivity index (χ1v) is 11.7. The van der Waals surface area contributed by atoms with Gasteiger partial charge in [-0.05, 0) is 17.5 Å². The number of halogens is 2. The Balaban J connectivity index is 0.000000703. The number of nitrogens with one attached hydrogen (secondary N) is 1. The topological polar surface area (TPSA) is 119 Å². The van der Waals surface area contributed by atoms with Crippen LogP contribution in [0, 0.1) is 0 Å². The van der Waals surface area contributed by atoms with Crippen molar-refractivity contribution in [1.29, 1.82) is 0 Å². The van der Waals surface area contributed by atoms with Crippen molar-refractivity contribution in [2.24, 2.45) is 5.73 Å². The van der Waals surface area contributed by atoms with E-state index in [1.165, 1.54) is 0 Å². The molecule has 0 heterocycles. The van der Waals surface area contributed by atoms with E-state index in [-0.39, 0.29) is 19.0 Å². The molecular weight excluding hydrogens is 532 g/mol. The number of carbonyl (C=O) groups excluding carboxylic acids is 2. The highest BCUT2D eigenvalue weighted by Gasteiger charge is 2.23. The summed E-state index contributed by atoms with van der Waals surface area (Å²) in [5, 5.41) is 12.6. The van der Waals surface area contributed by atoms with E-state index in [1.54, 1.807) is 0 Å². The number of carboxylic acid groups (broad SMARTS) is 1. The zero-order valence-corrected chi connectivity index (χ0v) is 20.0. The number of nitrogens with two attached hydrogens (primary N) is 1. The second-order valence-electron chi connectivity index (χ2n) is 6.50. The van der Waals surface area contributed by atoms with E-state index in [0.29, 0.717) is 17.1 Å². The number of alkyl halides is 2. The van der Waals surface area contributed by atoms with Gasteiger partial charge < -0.3 is 20.9 Å². The Morgan fingerprint density at radius 2 is 1.45 bits per heavy atom. The Labute approximate surface area is 198 Å². The van der Waals surface area contributed by atoms with Crippen LogP contribution in [0.4, 0.5) is 0 Å². The largest absolute Gasteiger partial charge is 0.480 e. The lowest BCUT2D eigenvalue weighted by Gasteiger charge is -2.18. The van der Waals surface area contributed by atoms with Crippen LogP contribution in [0.5, 0.6) is 0 Å². The van der Waals surface area contributed by atoms with Crippen molar-refractivity contribution >= 4 is 49.5 Å². The van der Waals surface area contributed by atoms with Crippen LogP contribution in [-0.2, 0) is 32.1 Å². The number of ketones is 1. The van der Waals surface area contributed by atoms with Crippen molar-refractivity contribution < 1.29 is 24.2 Å². The fourth-order valence-corrected chi connectivity index (χ4v) is 3.25. The monoisotopic (exact) mass is 556 g/mol. The Morgan fingerprint density at radius 3 is 1.90 bits per heavy atom. The Bertz CT molecular complexity index is 800. The lowest BCUT2D eigenvalue weighted by atomic mass is 10.1. The molecule has 2 aromatic carbocycles. The maximum Gasteiger partial charge on any atom is 0.328 e. The Morgan fingerprint density at radius 1 is 0.935 bits per heavy atom. The van der Waals surface area contributed by atoms with Crippen molar-refractivity contribution in [2.45, 2.75) is 25.1 Å². The van der Waals surface area contributed by atoms with Gasteiger partial charge in [0.15, 0.2) is 11.8 Å². The fourth-order valence-electron chi connectivity index (χ4n) is 2.32. The summed E-state index contributed by atoms with van der Waals surface area (Å²) in [5.41, 5.74) is 7.72. The average Bonchev–Trinajstić information content (AvgIpc) is 2.79. The predicted molar refractivity (Wildman–Crippen MR) is 126 cm³/mol. The van der Waals surface area contributed by atoms with Crippen LogP contribution < -0.4 is 11.1 Å². The molecule has 4 N–H and O–H groups in total. The number of Topliss-reactive ketones (excluding diaryl/α,β-unsaturated/α-hetero) is 1. The second-order valence-corrected chi connectivity index (χ2v) is 7.62. The highest BCUT2D eigenvalue weighted by Crippen LogP contribution is 2.04. The number of carboxylic acids is 1. The Hall–Kier alpha value is -2.07. The smallest absolute Gasteiger partial charge is 0.328 e. The molecule has 0 fully saturated rings. The van der Waals surface area contributed by atoms with Crippen molar-refractivity contribution in [3.8, 4) is 0 Å². The van der Waals surface area contributed by atoms with Gasteiger partial charge in [0.2, 0.25) is 5.91 Å². The number of carbonyl (C=O) groups is 3. The van der Waals surface area contributed by atoms with Crippen molar-refractivity contribution in [3.63, 3.8) is 0 Å². The number of ether oxygens (including phenoxy) is 1. The van der Waals surface area contributed by atoms with Gasteiger partial charge in [0.25, 0.3) is 0 Å². The SMILES string of the molecule is N[C@@H](Cc1ccccc1)C(=O)N[C@@H](COCc1ccccc1)C(=O)O.O=C(CBr)CBr. The number of hydrogen-bond acceptors (Lipinski definition) is 5. The first kappa shape index (κ1) is 27.0. The number of amides is 1. The van der Waals surface area contributed by atoms with Gasteiger partial charge >= 0.3 is 5.97 Å². The molecule has 9 heteroatoms. The van der Waals surface area contributed by atoms with Gasteiger partial charge in [-0.25, -0.2) is 4.79 Å². The first-order chi connectivity index (χ1) is 14.9. The lowest BCUT2D eigenvalue weighted by molar-refractivity contribution is -0.144. The molecule has 168 valence electrons. The summed E-state index contributed by atoms with van der Waals surface area (Å²) in [6.07, 6.45) is 0.337. The number of aliphatic carboxylic acids is 1. The second kappa shape index (κ2) is 15.7. The summed E-state index contributed by atoms with van der Waals surface area (Å²) >= 11 is 5.99. The van der Waals surface area contributed by atoms with E-state index in [0.717, 1.165) is 11.1 Å². The van der Waals surface area contributed by atoms with Crippen LogP contribution in [0.3, 0.4) is 0 Å². The quantitative estimate of drug-likeness (QED) is 0.365. The van der Waals surface area contributed by atoms with E-state index in [9.17, 15) is 19.5 Å². The van der Waals surface area contributed by atoms with Crippen LogP contribution in [-0.4, -0.2) is 52.1 Å². The molecule has 0 saturated heterocycles. The average molecular weight is 558 g/mol. The molecule has 0 bridgehead atoms. The van der Waals surface area contributed by atoms with Gasteiger partial charge in [-0.3, -0.25) is 9.59 Å². The minimum absolute atomic E-state index is 0.131. The molecule has 2 rings (SSSR count). The van der Waals surface area contributed by atoms with Gasteiger partial charge in [-0.15, -0.1) is 0 Å². The minimum atomic E-state index is -1.16. The molecule has 2 atom stereocenters. The van der Waals surface area contributed by atoms with E-state index in [2.05, 4.69) is 37.2 Å². The predicted octanol–water partition coefficient (Wildman–Crippen LogP) is 2.69. The van der Waals surface area contributed by atoms with E-state index < -0.39 is 24.0 Å². The highest BCUT2D eigenvalue weighted by atomic mass is 79.9. The zero-order valence-electron chi connectivity index (χ0n) is 16.9.